The van der Waals surface area contributed by atoms with Crippen LogP contribution in [0, 0.1) is 11.6 Å². The molecule has 1 unspecified atom stereocenters. The highest BCUT2D eigenvalue weighted by Gasteiger charge is 2.16. The van der Waals surface area contributed by atoms with Gasteiger partial charge in [0.1, 0.15) is 16.5 Å². The van der Waals surface area contributed by atoms with Gasteiger partial charge in [-0.3, -0.25) is 9.48 Å². The molecule has 0 radical (unpaired) electrons. The molecule has 2 aromatic carbocycles. The van der Waals surface area contributed by atoms with Crippen molar-refractivity contribution in [2.45, 2.75) is 19.5 Å². The van der Waals surface area contributed by atoms with Crippen LogP contribution >= 0.6 is 11.6 Å². The summed E-state index contributed by atoms with van der Waals surface area (Å²) in [4.78, 5) is 12.6. The number of halogens is 3. The predicted molar refractivity (Wildman–Crippen MR) is 115 cm³/mol. The van der Waals surface area contributed by atoms with E-state index in [0.717, 1.165) is 27.9 Å². The zero-order valence-electron chi connectivity index (χ0n) is 16.5. The summed E-state index contributed by atoms with van der Waals surface area (Å²) in [6, 6.07) is 12.6. The topological polar surface area (TPSA) is 64.7 Å². The average molecular weight is 442 g/mol. The first-order chi connectivity index (χ1) is 14.9. The summed E-state index contributed by atoms with van der Waals surface area (Å²) in [5.41, 5.74) is 1.41. The van der Waals surface area contributed by atoms with Gasteiger partial charge in [0, 0.05) is 17.8 Å². The highest BCUT2D eigenvalue weighted by molar-refractivity contribution is 6.33. The minimum Gasteiger partial charge on any atom is -0.376 e. The maximum absolute atomic E-state index is 14.0. The molecule has 6 nitrogen and oxygen atoms in total. The monoisotopic (exact) mass is 441 g/mol. The summed E-state index contributed by atoms with van der Waals surface area (Å²) in [6.07, 6.45) is 4.97. The van der Waals surface area contributed by atoms with Crippen LogP contribution < -0.4 is 10.9 Å². The third-order valence-electron chi connectivity index (χ3n) is 4.77. The molecular formula is C22H18ClF2N5O. The second-order valence-electron chi connectivity index (χ2n) is 7.01. The summed E-state index contributed by atoms with van der Waals surface area (Å²) in [5.74, 6) is -1.66. The first kappa shape index (κ1) is 20.7. The van der Waals surface area contributed by atoms with Crippen molar-refractivity contribution in [2.75, 3.05) is 5.32 Å². The molecule has 1 atom stereocenters. The molecule has 0 saturated carbocycles. The number of nitrogens with one attached hydrogen (secondary N) is 1. The number of rotatable bonds is 6. The van der Waals surface area contributed by atoms with Crippen LogP contribution in [0.4, 0.5) is 14.5 Å². The molecule has 1 N–H and O–H groups in total. The van der Waals surface area contributed by atoms with Crippen LogP contribution in [0.15, 0.2) is 71.9 Å². The predicted octanol–water partition coefficient (Wildman–Crippen LogP) is 4.58. The number of nitrogens with zero attached hydrogens (tertiary/aromatic N) is 4. The molecule has 0 saturated heterocycles. The van der Waals surface area contributed by atoms with E-state index >= 15 is 0 Å². The number of hydrogen-bond donors (Lipinski definition) is 1. The Hall–Kier alpha value is -3.52. The van der Waals surface area contributed by atoms with Gasteiger partial charge < -0.3 is 5.32 Å². The molecule has 0 aliphatic rings. The Balaban J connectivity index is 1.53. The van der Waals surface area contributed by atoms with Gasteiger partial charge in [-0.2, -0.15) is 14.9 Å². The molecule has 2 aromatic heterocycles. The first-order valence-corrected chi connectivity index (χ1v) is 9.86. The van der Waals surface area contributed by atoms with Gasteiger partial charge in [-0.15, -0.1) is 0 Å². The third-order valence-corrected chi connectivity index (χ3v) is 5.13. The summed E-state index contributed by atoms with van der Waals surface area (Å²) in [6.45, 7) is 2.53. The van der Waals surface area contributed by atoms with Crippen LogP contribution in [0.5, 0.6) is 0 Å². The standard InChI is InChI=1S/C22H18ClF2N5O/c1-14(16-10-26-29(13-16)12-15-5-3-2-4-6-15)28-19-11-27-30(22(31)21(19)23)20-8-7-17(24)9-18(20)25/h2-11,13-14,28H,12H2,1H3. The lowest BCUT2D eigenvalue weighted by Gasteiger charge is -2.15. The maximum atomic E-state index is 14.0. The van der Waals surface area contributed by atoms with Crippen LogP contribution in [0.25, 0.3) is 5.69 Å². The largest absolute Gasteiger partial charge is 0.376 e. The Morgan fingerprint density at radius 3 is 2.61 bits per heavy atom. The highest BCUT2D eigenvalue weighted by atomic mass is 35.5. The number of benzene rings is 2. The van der Waals surface area contributed by atoms with Gasteiger partial charge in [0.15, 0.2) is 5.82 Å². The molecule has 9 heteroatoms. The SMILES string of the molecule is CC(Nc1cnn(-c2ccc(F)cc2F)c(=O)c1Cl)c1cnn(Cc2ccccc2)c1. The molecule has 0 amide bonds. The van der Waals surface area contributed by atoms with E-state index in [4.69, 9.17) is 11.6 Å². The maximum Gasteiger partial charge on any atom is 0.292 e. The zero-order valence-corrected chi connectivity index (χ0v) is 17.2. The Morgan fingerprint density at radius 2 is 1.87 bits per heavy atom. The fraction of sp³-hybridized carbons (Fsp3) is 0.136. The summed E-state index contributed by atoms with van der Waals surface area (Å²) < 4.78 is 29.8. The lowest BCUT2D eigenvalue weighted by atomic mass is 10.2. The molecule has 0 aliphatic heterocycles. The quantitative estimate of drug-likeness (QED) is 0.475. The van der Waals surface area contributed by atoms with Gasteiger partial charge in [-0.05, 0) is 24.6 Å². The van der Waals surface area contributed by atoms with Gasteiger partial charge in [0.25, 0.3) is 5.56 Å². The molecule has 2 heterocycles. The zero-order chi connectivity index (χ0) is 22.0. The van der Waals surface area contributed by atoms with Crippen LogP contribution in [0.1, 0.15) is 24.1 Å². The molecule has 31 heavy (non-hydrogen) atoms. The second-order valence-corrected chi connectivity index (χ2v) is 7.39. The van der Waals surface area contributed by atoms with E-state index in [1.807, 2.05) is 48.1 Å². The molecule has 0 bridgehead atoms. The van der Waals surface area contributed by atoms with E-state index in [1.54, 1.807) is 6.20 Å². The molecule has 4 rings (SSSR count). The van der Waals surface area contributed by atoms with E-state index in [2.05, 4.69) is 15.5 Å². The fourth-order valence-electron chi connectivity index (χ4n) is 3.13. The van der Waals surface area contributed by atoms with Crippen molar-refractivity contribution >= 4 is 17.3 Å². The van der Waals surface area contributed by atoms with E-state index in [0.29, 0.717) is 18.3 Å². The Kier molecular flexibility index (Phi) is 5.81. The molecule has 4 aromatic rings. The summed E-state index contributed by atoms with van der Waals surface area (Å²) in [7, 11) is 0. The Morgan fingerprint density at radius 1 is 1.10 bits per heavy atom. The van der Waals surface area contributed by atoms with E-state index in [1.165, 1.54) is 6.20 Å². The van der Waals surface area contributed by atoms with Crippen LogP contribution in [-0.2, 0) is 6.54 Å². The van der Waals surface area contributed by atoms with Gasteiger partial charge >= 0.3 is 0 Å². The second kappa shape index (κ2) is 8.69. The Labute approximate surface area is 181 Å². The molecule has 158 valence electrons. The highest BCUT2D eigenvalue weighted by Crippen LogP contribution is 2.24. The minimum atomic E-state index is -0.912. The van der Waals surface area contributed by atoms with Crippen molar-refractivity contribution in [3.63, 3.8) is 0 Å². The number of aromatic nitrogens is 4. The van der Waals surface area contributed by atoms with E-state index in [-0.39, 0.29) is 16.8 Å². The van der Waals surface area contributed by atoms with E-state index in [9.17, 15) is 13.6 Å². The summed E-state index contributed by atoms with van der Waals surface area (Å²) >= 11 is 6.22. The van der Waals surface area contributed by atoms with Crippen LogP contribution in [-0.4, -0.2) is 19.6 Å². The lowest BCUT2D eigenvalue weighted by Crippen LogP contribution is -2.24. The van der Waals surface area contributed by atoms with Crippen molar-refractivity contribution in [2.24, 2.45) is 0 Å². The van der Waals surface area contributed by atoms with Crippen LogP contribution in [0.3, 0.4) is 0 Å². The van der Waals surface area contributed by atoms with Crippen molar-refractivity contribution in [3.8, 4) is 5.69 Å². The van der Waals surface area contributed by atoms with Crippen molar-refractivity contribution in [3.05, 3.63) is 105 Å². The van der Waals surface area contributed by atoms with Gasteiger partial charge in [0.2, 0.25) is 0 Å². The average Bonchev–Trinajstić information content (AvgIpc) is 3.22. The van der Waals surface area contributed by atoms with E-state index < -0.39 is 17.2 Å². The van der Waals surface area contributed by atoms with Crippen molar-refractivity contribution in [1.82, 2.24) is 19.6 Å². The van der Waals surface area contributed by atoms with Crippen molar-refractivity contribution < 1.29 is 8.78 Å². The van der Waals surface area contributed by atoms with Gasteiger partial charge in [-0.25, -0.2) is 8.78 Å². The third kappa shape index (κ3) is 4.49. The van der Waals surface area contributed by atoms with Gasteiger partial charge in [-0.1, -0.05) is 41.9 Å². The molecule has 0 fully saturated rings. The first-order valence-electron chi connectivity index (χ1n) is 9.48. The molecular weight excluding hydrogens is 424 g/mol. The lowest BCUT2D eigenvalue weighted by molar-refractivity contribution is 0.570. The van der Waals surface area contributed by atoms with Crippen molar-refractivity contribution in [1.29, 1.82) is 0 Å². The Bertz CT molecular complexity index is 1270. The fourth-order valence-corrected chi connectivity index (χ4v) is 3.32. The summed E-state index contributed by atoms with van der Waals surface area (Å²) in [5, 5.41) is 11.3. The van der Waals surface area contributed by atoms with Crippen LogP contribution in [0.2, 0.25) is 5.02 Å². The van der Waals surface area contributed by atoms with Gasteiger partial charge in [0.05, 0.1) is 30.7 Å². The normalized spacial score (nSPS) is 12.0. The minimum absolute atomic E-state index is 0.151. The number of anilines is 1. The molecule has 0 aliphatic carbocycles. The number of hydrogen-bond acceptors (Lipinski definition) is 4. The molecule has 0 spiro atoms. The smallest absolute Gasteiger partial charge is 0.292 e.